The summed E-state index contributed by atoms with van der Waals surface area (Å²) in [6.07, 6.45) is 0. The van der Waals surface area contributed by atoms with Crippen LogP contribution in [0.25, 0.3) is 0 Å². The molecule has 1 rings (SSSR count). The van der Waals surface area contributed by atoms with Crippen molar-refractivity contribution in [2.75, 3.05) is 5.75 Å². The van der Waals surface area contributed by atoms with Crippen LogP contribution in [0.15, 0.2) is 18.2 Å². The van der Waals surface area contributed by atoms with Gasteiger partial charge in [-0.25, -0.2) is 12.8 Å². The van der Waals surface area contributed by atoms with E-state index in [4.69, 9.17) is 5.26 Å². The van der Waals surface area contributed by atoms with E-state index in [0.29, 0.717) is 0 Å². The Morgan fingerprint density at radius 3 is 2.59 bits per heavy atom. The first kappa shape index (κ1) is 13.7. The second-order valence-electron chi connectivity index (χ2n) is 4.36. The number of nitriles is 1. The largest absolute Gasteiger partial charge is 0.228 e. The smallest absolute Gasteiger partial charge is 0.154 e. The maximum atomic E-state index is 13.0. The Labute approximate surface area is 101 Å². The zero-order valence-corrected chi connectivity index (χ0v) is 10.6. The summed E-state index contributed by atoms with van der Waals surface area (Å²) in [6.45, 7) is 3.60. The zero-order valence-electron chi connectivity index (χ0n) is 9.77. The van der Waals surface area contributed by atoms with E-state index in [-0.39, 0.29) is 28.6 Å². The van der Waals surface area contributed by atoms with Crippen molar-refractivity contribution in [2.24, 2.45) is 5.92 Å². The molecule has 0 spiro atoms. The quantitative estimate of drug-likeness (QED) is 0.829. The topological polar surface area (TPSA) is 57.9 Å². The van der Waals surface area contributed by atoms with E-state index in [9.17, 15) is 12.8 Å². The molecule has 17 heavy (non-hydrogen) atoms. The van der Waals surface area contributed by atoms with Gasteiger partial charge in [-0.15, -0.1) is 0 Å². The van der Waals surface area contributed by atoms with Crippen molar-refractivity contribution >= 4 is 9.84 Å². The second-order valence-corrected chi connectivity index (χ2v) is 6.47. The van der Waals surface area contributed by atoms with Crippen LogP contribution in [0.3, 0.4) is 0 Å². The van der Waals surface area contributed by atoms with Crippen molar-refractivity contribution in [2.45, 2.75) is 19.6 Å². The number of nitrogens with zero attached hydrogens (tertiary/aromatic N) is 1. The average Bonchev–Trinajstić information content (AvgIpc) is 2.14. The van der Waals surface area contributed by atoms with Gasteiger partial charge in [-0.2, -0.15) is 5.26 Å². The summed E-state index contributed by atoms with van der Waals surface area (Å²) in [5, 5.41) is 8.82. The van der Waals surface area contributed by atoms with E-state index in [1.165, 1.54) is 6.07 Å². The highest BCUT2D eigenvalue weighted by atomic mass is 32.2. The Balaban J connectivity index is 3.03. The summed E-state index contributed by atoms with van der Waals surface area (Å²) >= 11 is 0. The lowest BCUT2D eigenvalue weighted by Gasteiger charge is -2.08. The fourth-order valence-corrected chi connectivity index (χ4v) is 3.44. The molecule has 0 bridgehead atoms. The molecule has 1 aromatic carbocycles. The number of rotatable bonds is 4. The summed E-state index contributed by atoms with van der Waals surface area (Å²) < 4.78 is 36.5. The van der Waals surface area contributed by atoms with Crippen LogP contribution in [0.4, 0.5) is 4.39 Å². The molecule has 0 aromatic heterocycles. The molecule has 0 N–H and O–H groups in total. The minimum absolute atomic E-state index is 0.0131. The van der Waals surface area contributed by atoms with Gasteiger partial charge in [0.25, 0.3) is 0 Å². The number of halogens is 1. The van der Waals surface area contributed by atoms with Crippen LogP contribution >= 0.6 is 0 Å². The molecule has 0 amide bonds. The molecule has 1 aromatic rings. The van der Waals surface area contributed by atoms with Gasteiger partial charge >= 0.3 is 0 Å². The molecule has 0 heterocycles. The van der Waals surface area contributed by atoms with Crippen LogP contribution in [0.1, 0.15) is 25.0 Å². The van der Waals surface area contributed by atoms with Crippen LogP contribution in [0.5, 0.6) is 0 Å². The van der Waals surface area contributed by atoms with Gasteiger partial charge in [-0.05, 0) is 29.7 Å². The molecule has 0 aliphatic carbocycles. The highest BCUT2D eigenvalue weighted by molar-refractivity contribution is 7.90. The fourth-order valence-electron chi connectivity index (χ4n) is 1.59. The molecule has 0 aliphatic rings. The van der Waals surface area contributed by atoms with Gasteiger partial charge in [0.2, 0.25) is 0 Å². The monoisotopic (exact) mass is 255 g/mol. The van der Waals surface area contributed by atoms with Crippen molar-refractivity contribution < 1.29 is 12.8 Å². The van der Waals surface area contributed by atoms with E-state index >= 15 is 0 Å². The predicted molar refractivity (Wildman–Crippen MR) is 63.4 cm³/mol. The third-order valence-corrected chi connectivity index (χ3v) is 4.08. The molecule has 92 valence electrons. The maximum Gasteiger partial charge on any atom is 0.154 e. The van der Waals surface area contributed by atoms with Gasteiger partial charge in [-0.3, -0.25) is 0 Å². The third-order valence-electron chi connectivity index (χ3n) is 2.15. The second kappa shape index (κ2) is 5.28. The third kappa shape index (κ3) is 4.16. The van der Waals surface area contributed by atoms with Gasteiger partial charge in [-0.1, -0.05) is 13.8 Å². The Morgan fingerprint density at radius 1 is 1.41 bits per heavy atom. The molecule has 0 radical (unpaired) electrons. The van der Waals surface area contributed by atoms with Crippen molar-refractivity contribution in [3.63, 3.8) is 0 Å². The van der Waals surface area contributed by atoms with Gasteiger partial charge in [0, 0.05) is 0 Å². The number of sulfone groups is 1. The molecule has 0 aliphatic heterocycles. The molecule has 0 atom stereocenters. The van der Waals surface area contributed by atoms with Crippen LogP contribution in [-0.2, 0) is 15.6 Å². The Bertz CT molecular complexity index is 544. The first-order chi connectivity index (χ1) is 7.84. The molecule has 0 unspecified atom stereocenters. The molecule has 5 heteroatoms. The number of hydrogen-bond acceptors (Lipinski definition) is 3. The van der Waals surface area contributed by atoms with Gasteiger partial charge in [0.1, 0.15) is 5.82 Å². The van der Waals surface area contributed by atoms with Gasteiger partial charge in [0.05, 0.1) is 23.1 Å². The fraction of sp³-hybridized carbons (Fsp3) is 0.417. The van der Waals surface area contributed by atoms with E-state index in [1.807, 2.05) is 6.07 Å². The maximum absolute atomic E-state index is 13.0. The Kier molecular flexibility index (Phi) is 4.24. The Hall–Kier alpha value is -1.41. The van der Waals surface area contributed by atoms with E-state index in [2.05, 4.69) is 0 Å². The molecule has 0 saturated heterocycles. The van der Waals surface area contributed by atoms with Gasteiger partial charge in [0.15, 0.2) is 9.84 Å². The summed E-state index contributed by atoms with van der Waals surface area (Å²) in [7, 11) is -3.30. The lowest BCUT2D eigenvalue weighted by Crippen LogP contribution is -2.14. The normalized spacial score (nSPS) is 11.5. The highest BCUT2D eigenvalue weighted by Crippen LogP contribution is 2.15. The molecule has 3 nitrogen and oxygen atoms in total. The molecular formula is C12H14FNO2S. The van der Waals surface area contributed by atoms with E-state index in [1.54, 1.807) is 13.8 Å². The highest BCUT2D eigenvalue weighted by Gasteiger charge is 2.16. The van der Waals surface area contributed by atoms with Crippen LogP contribution in [0.2, 0.25) is 0 Å². The molecule has 0 fully saturated rings. The van der Waals surface area contributed by atoms with Crippen molar-refractivity contribution in [1.29, 1.82) is 5.26 Å². The summed E-state index contributed by atoms with van der Waals surface area (Å²) in [5.74, 6) is -0.766. The molecule has 0 saturated carbocycles. The van der Waals surface area contributed by atoms with E-state index < -0.39 is 15.7 Å². The van der Waals surface area contributed by atoms with Crippen LogP contribution < -0.4 is 0 Å². The Morgan fingerprint density at radius 2 is 2.06 bits per heavy atom. The lowest BCUT2D eigenvalue weighted by atomic mass is 10.1. The first-order valence-electron chi connectivity index (χ1n) is 5.23. The van der Waals surface area contributed by atoms with Gasteiger partial charge < -0.3 is 0 Å². The zero-order chi connectivity index (χ0) is 13.1. The lowest BCUT2D eigenvalue weighted by molar-refractivity contribution is 0.581. The summed E-state index contributed by atoms with van der Waals surface area (Å²) in [5.41, 5.74) is 0.437. The summed E-state index contributed by atoms with van der Waals surface area (Å²) in [6, 6.07) is 5.43. The summed E-state index contributed by atoms with van der Waals surface area (Å²) in [4.78, 5) is 0. The minimum Gasteiger partial charge on any atom is -0.228 e. The molecular weight excluding hydrogens is 241 g/mol. The number of hydrogen-bond donors (Lipinski definition) is 0. The van der Waals surface area contributed by atoms with Crippen molar-refractivity contribution in [3.05, 3.63) is 35.1 Å². The standard InChI is InChI=1S/C12H14FNO2S/c1-9(2)7-17(15,16)8-11-5-12(13)4-3-10(11)6-14/h3-5,9H,7-8H2,1-2H3. The van der Waals surface area contributed by atoms with Crippen LogP contribution in [0, 0.1) is 23.1 Å². The van der Waals surface area contributed by atoms with Crippen LogP contribution in [-0.4, -0.2) is 14.2 Å². The predicted octanol–water partition coefficient (Wildman–Crippen LogP) is 2.27. The average molecular weight is 255 g/mol. The first-order valence-corrected chi connectivity index (χ1v) is 7.05. The van der Waals surface area contributed by atoms with E-state index in [0.717, 1.165) is 12.1 Å². The SMILES string of the molecule is CC(C)CS(=O)(=O)Cc1cc(F)ccc1C#N. The van der Waals surface area contributed by atoms with Crippen molar-refractivity contribution in [1.82, 2.24) is 0 Å². The van der Waals surface area contributed by atoms with Crippen molar-refractivity contribution in [3.8, 4) is 6.07 Å². The minimum atomic E-state index is -3.30. The number of benzene rings is 1.